The summed E-state index contributed by atoms with van der Waals surface area (Å²) in [5.74, 6) is 0.552. The molecule has 2 heterocycles. The van der Waals surface area contributed by atoms with E-state index >= 15 is 0 Å². The number of hydrogen-bond donors (Lipinski definition) is 2. The minimum Gasteiger partial charge on any atom is -0.490 e. The number of rotatable bonds is 5. The van der Waals surface area contributed by atoms with Gasteiger partial charge >= 0.3 is 0 Å². The highest BCUT2D eigenvalue weighted by Gasteiger charge is 2.17. The fraction of sp³-hybridized carbons (Fsp3) is 0.471. The third kappa shape index (κ3) is 3.84. The van der Waals surface area contributed by atoms with Crippen LogP contribution in [0.1, 0.15) is 48.4 Å². The van der Waals surface area contributed by atoms with Gasteiger partial charge in [-0.25, -0.2) is 0 Å². The summed E-state index contributed by atoms with van der Waals surface area (Å²) in [6.45, 7) is 0. The number of anilines is 1. The van der Waals surface area contributed by atoms with Crippen LogP contribution in [0.3, 0.4) is 0 Å². The first-order valence-electron chi connectivity index (χ1n) is 8.18. The van der Waals surface area contributed by atoms with Gasteiger partial charge in [-0.15, -0.1) is 0 Å². The zero-order valence-corrected chi connectivity index (χ0v) is 13.6. The van der Waals surface area contributed by atoms with Crippen molar-refractivity contribution in [1.82, 2.24) is 10.2 Å². The lowest BCUT2D eigenvalue weighted by Crippen LogP contribution is -2.15. The van der Waals surface area contributed by atoms with E-state index in [1.807, 2.05) is 6.07 Å². The summed E-state index contributed by atoms with van der Waals surface area (Å²) in [5, 5.41) is 9.69. The van der Waals surface area contributed by atoms with E-state index in [9.17, 15) is 9.59 Å². The van der Waals surface area contributed by atoms with Crippen LogP contribution in [0, 0.1) is 5.92 Å². The SMILES string of the molecule is COc1coc(C(=O)Nc2cc(CC3CCCCC3)[nH]n2)cc1=O. The molecule has 0 radical (unpaired) electrons. The van der Waals surface area contributed by atoms with Gasteiger partial charge in [0.2, 0.25) is 11.2 Å². The molecule has 2 aromatic heterocycles. The Morgan fingerprint density at radius 3 is 2.88 bits per heavy atom. The fourth-order valence-corrected chi connectivity index (χ4v) is 3.08. The molecule has 24 heavy (non-hydrogen) atoms. The number of nitrogens with one attached hydrogen (secondary N) is 2. The number of nitrogens with zero attached hydrogens (tertiary/aromatic N) is 1. The average molecular weight is 331 g/mol. The molecule has 0 atom stereocenters. The molecule has 1 aliphatic rings. The molecular weight excluding hydrogens is 310 g/mol. The van der Waals surface area contributed by atoms with Gasteiger partial charge in [0.1, 0.15) is 6.26 Å². The van der Waals surface area contributed by atoms with Crippen molar-refractivity contribution in [3.8, 4) is 5.75 Å². The predicted octanol–water partition coefficient (Wildman–Crippen LogP) is 2.75. The number of methoxy groups -OCH3 is 1. The topological polar surface area (TPSA) is 97.2 Å². The van der Waals surface area contributed by atoms with Gasteiger partial charge in [-0.2, -0.15) is 5.10 Å². The highest BCUT2D eigenvalue weighted by Crippen LogP contribution is 2.26. The monoisotopic (exact) mass is 331 g/mol. The lowest BCUT2D eigenvalue weighted by molar-refractivity contribution is 0.0993. The first-order valence-corrected chi connectivity index (χ1v) is 8.18. The van der Waals surface area contributed by atoms with Crippen molar-refractivity contribution in [2.75, 3.05) is 12.4 Å². The zero-order valence-electron chi connectivity index (χ0n) is 13.6. The number of aromatic amines is 1. The van der Waals surface area contributed by atoms with Crippen LogP contribution < -0.4 is 15.5 Å². The van der Waals surface area contributed by atoms with Crippen molar-refractivity contribution in [2.24, 2.45) is 5.92 Å². The van der Waals surface area contributed by atoms with E-state index in [4.69, 9.17) is 9.15 Å². The molecule has 1 aliphatic carbocycles. The Labute approximate surface area is 139 Å². The minimum absolute atomic E-state index is 0.0566. The van der Waals surface area contributed by atoms with Crippen LogP contribution >= 0.6 is 0 Å². The largest absolute Gasteiger partial charge is 0.490 e. The second kappa shape index (κ2) is 7.33. The summed E-state index contributed by atoms with van der Waals surface area (Å²) < 4.78 is 9.94. The van der Waals surface area contributed by atoms with E-state index in [1.54, 1.807) is 0 Å². The maximum Gasteiger partial charge on any atom is 0.292 e. The third-order valence-electron chi connectivity index (χ3n) is 4.35. The van der Waals surface area contributed by atoms with E-state index < -0.39 is 11.3 Å². The van der Waals surface area contributed by atoms with Gasteiger partial charge in [0.15, 0.2) is 11.6 Å². The van der Waals surface area contributed by atoms with E-state index in [-0.39, 0.29) is 11.5 Å². The highest BCUT2D eigenvalue weighted by molar-refractivity contribution is 6.01. The minimum atomic E-state index is -0.523. The Hall–Kier alpha value is -2.57. The molecule has 3 rings (SSSR count). The summed E-state index contributed by atoms with van der Waals surface area (Å²) in [7, 11) is 1.36. The molecule has 2 aromatic rings. The summed E-state index contributed by atoms with van der Waals surface area (Å²) in [6, 6.07) is 2.93. The van der Waals surface area contributed by atoms with Gasteiger partial charge in [-0.05, 0) is 12.3 Å². The Morgan fingerprint density at radius 2 is 2.17 bits per heavy atom. The lowest BCUT2D eigenvalue weighted by Gasteiger charge is -2.20. The van der Waals surface area contributed by atoms with Gasteiger partial charge in [-0.1, -0.05) is 32.1 Å². The smallest absolute Gasteiger partial charge is 0.292 e. The molecular formula is C17H21N3O4. The van der Waals surface area contributed by atoms with Crippen molar-refractivity contribution in [2.45, 2.75) is 38.5 Å². The van der Waals surface area contributed by atoms with E-state index in [0.29, 0.717) is 11.7 Å². The second-order valence-corrected chi connectivity index (χ2v) is 6.12. The highest BCUT2D eigenvalue weighted by atomic mass is 16.5. The van der Waals surface area contributed by atoms with E-state index in [0.717, 1.165) is 24.4 Å². The lowest BCUT2D eigenvalue weighted by atomic mass is 9.86. The molecule has 1 amide bonds. The number of carbonyl (C=O) groups is 1. The van der Waals surface area contributed by atoms with Crippen LogP contribution in [0.4, 0.5) is 5.82 Å². The Kier molecular flexibility index (Phi) is 4.98. The summed E-state index contributed by atoms with van der Waals surface area (Å²) in [4.78, 5) is 23.8. The van der Waals surface area contributed by atoms with E-state index in [1.165, 1.54) is 39.2 Å². The molecule has 0 saturated heterocycles. The Morgan fingerprint density at radius 1 is 1.38 bits per heavy atom. The van der Waals surface area contributed by atoms with Gasteiger partial charge in [0, 0.05) is 17.8 Å². The summed E-state index contributed by atoms with van der Waals surface area (Å²) >= 11 is 0. The first-order chi connectivity index (χ1) is 11.7. The zero-order chi connectivity index (χ0) is 16.9. The molecule has 0 aromatic carbocycles. The van der Waals surface area contributed by atoms with Crippen LogP contribution in [0.25, 0.3) is 0 Å². The van der Waals surface area contributed by atoms with Crippen LogP contribution in [-0.2, 0) is 6.42 Å². The normalized spacial score (nSPS) is 15.2. The van der Waals surface area contributed by atoms with Crippen molar-refractivity contribution in [3.05, 3.63) is 40.1 Å². The fourth-order valence-electron chi connectivity index (χ4n) is 3.08. The van der Waals surface area contributed by atoms with Crippen molar-refractivity contribution < 1.29 is 13.9 Å². The number of H-pyrrole nitrogens is 1. The molecule has 128 valence electrons. The number of ether oxygens (including phenoxy) is 1. The first kappa shape index (κ1) is 16.3. The van der Waals surface area contributed by atoms with E-state index in [2.05, 4.69) is 15.5 Å². The second-order valence-electron chi connectivity index (χ2n) is 6.12. The van der Waals surface area contributed by atoms with Gasteiger partial charge in [0.05, 0.1) is 7.11 Å². The Bertz CT molecular complexity index is 759. The quantitative estimate of drug-likeness (QED) is 0.878. The molecule has 1 fully saturated rings. The summed E-state index contributed by atoms with van der Waals surface area (Å²) in [5.41, 5.74) is 0.599. The number of hydrogen-bond acceptors (Lipinski definition) is 5. The Balaban J connectivity index is 1.62. The van der Waals surface area contributed by atoms with Crippen LogP contribution in [0.2, 0.25) is 0 Å². The van der Waals surface area contributed by atoms with Gasteiger partial charge < -0.3 is 14.5 Å². The standard InChI is InChI=1S/C17H21N3O4/c1-23-15-10-24-14(9-13(15)21)17(22)18-16-8-12(19-20-16)7-11-5-3-2-4-6-11/h8-11H,2-7H2,1H3,(H2,18,19,20,22). The summed E-state index contributed by atoms with van der Waals surface area (Å²) in [6.07, 6.45) is 8.47. The third-order valence-corrected chi connectivity index (χ3v) is 4.35. The number of carbonyl (C=O) groups excluding carboxylic acids is 1. The maximum atomic E-state index is 12.1. The van der Waals surface area contributed by atoms with Crippen molar-refractivity contribution >= 4 is 11.7 Å². The van der Waals surface area contributed by atoms with Crippen molar-refractivity contribution in [3.63, 3.8) is 0 Å². The molecule has 0 bridgehead atoms. The number of aromatic nitrogens is 2. The number of amides is 1. The van der Waals surface area contributed by atoms with Crippen LogP contribution in [-0.4, -0.2) is 23.2 Å². The average Bonchev–Trinajstić information content (AvgIpc) is 3.02. The molecule has 0 unspecified atom stereocenters. The van der Waals surface area contributed by atoms with Crippen LogP contribution in [0.5, 0.6) is 5.75 Å². The molecule has 7 nitrogen and oxygen atoms in total. The van der Waals surface area contributed by atoms with Crippen molar-refractivity contribution in [1.29, 1.82) is 0 Å². The maximum absolute atomic E-state index is 12.1. The molecule has 2 N–H and O–H groups in total. The molecule has 0 aliphatic heterocycles. The van der Waals surface area contributed by atoms with Crippen LogP contribution in [0.15, 0.2) is 27.6 Å². The molecule has 1 saturated carbocycles. The van der Waals surface area contributed by atoms with Gasteiger partial charge in [0.25, 0.3) is 5.91 Å². The molecule has 0 spiro atoms. The van der Waals surface area contributed by atoms with Gasteiger partial charge in [-0.3, -0.25) is 14.7 Å². The molecule has 7 heteroatoms. The predicted molar refractivity (Wildman–Crippen MR) is 88.3 cm³/mol.